The van der Waals surface area contributed by atoms with Gasteiger partial charge in [0.2, 0.25) is 0 Å². The van der Waals surface area contributed by atoms with Gasteiger partial charge in [0.05, 0.1) is 6.04 Å². The number of halogens is 1. The van der Waals surface area contributed by atoms with Gasteiger partial charge in [-0.25, -0.2) is 0 Å². The van der Waals surface area contributed by atoms with Crippen LogP contribution in [0.15, 0.2) is 22.7 Å². The van der Waals surface area contributed by atoms with Crippen LogP contribution in [0.25, 0.3) is 0 Å². The van der Waals surface area contributed by atoms with Gasteiger partial charge in [0.1, 0.15) is 0 Å². The standard InChI is InChI=1S/C13H21BrN2/c1-9-6-7-10(14)8-11(9)12(16(4)5)13(2,3)15/h6-8,12H,15H2,1-5H3. The van der Waals surface area contributed by atoms with Gasteiger partial charge in [-0.1, -0.05) is 22.0 Å². The van der Waals surface area contributed by atoms with Crippen molar-refractivity contribution >= 4 is 15.9 Å². The summed E-state index contributed by atoms with van der Waals surface area (Å²) in [4.78, 5) is 2.18. The zero-order valence-corrected chi connectivity index (χ0v) is 12.3. The number of nitrogens with zero attached hydrogens (tertiary/aromatic N) is 1. The number of likely N-dealkylation sites (N-methyl/N-ethyl adjacent to an activating group) is 1. The van der Waals surface area contributed by atoms with Crippen molar-refractivity contribution in [2.24, 2.45) is 5.73 Å². The first-order chi connectivity index (χ1) is 7.23. The van der Waals surface area contributed by atoms with Crippen molar-refractivity contribution in [1.82, 2.24) is 4.90 Å². The van der Waals surface area contributed by atoms with Crippen molar-refractivity contribution in [3.8, 4) is 0 Å². The molecule has 0 radical (unpaired) electrons. The van der Waals surface area contributed by atoms with E-state index >= 15 is 0 Å². The Kier molecular flexibility index (Phi) is 4.16. The maximum absolute atomic E-state index is 6.27. The van der Waals surface area contributed by atoms with Crippen LogP contribution in [0.2, 0.25) is 0 Å². The molecule has 0 aromatic heterocycles. The van der Waals surface area contributed by atoms with E-state index in [0.717, 1.165) is 4.47 Å². The maximum Gasteiger partial charge on any atom is 0.0520 e. The molecule has 1 atom stereocenters. The zero-order valence-electron chi connectivity index (χ0n) is 10.7. The van der Waals surface area contributed by atoms with E-state index in [9.17, 15) is 0 Å². The molecule has 0 saturated carbocycles. The van der Waals surface area contributed by atoms with Gasteiger partial charge < -0.3 is 10.6 Å². The molecular weight excluding hydrogens is 264 g/mol. The number of hydrogen-bond acceptors (Lipinski definition) is 2. The molecule has 16 heavy (non-hydrogen) atoms. The monoisotopic (exact) mass is 284 g/mol. The molecule has 0 spiro atoms. The fraction of sp³-hybridized carbons (Fsp3) is 0.538. The van der Waals surface area contributed by atoms with Crippen molar-refractivity contribution in [3.05, 3.63) is 33.8 Å². The molecule has 3 heteroatoms. The molecule has 2 nitrogen and oxygen atoms in total. The molecule has 2 N–H and O–H groups in total. The first-order valence-electron chi connectivity index (χ1n) is 5.45. The lowest BCUT2D eigenvalue weighted by Gasteiger charge is -2.37. The van der Waals surface area contributed by atoms with Crippen LogP contribution in [-0.2, 0) is 0 Å². The lowest BCUT2D eigenvalue weighted by Crippen LogP contribution is -2.46. The lowest BCUT2D eigenvalue weighted by atomic mass is 9.86. The van der Waals surface area contributed by atoms with E-state index in [4.69, 9.17) is 5.73 Å². The quantitative estimate of drug-likeness (QED) is 0.924. The minimum Gasteiger partial charge on any atom is -0.324 e. The molecule has 0 aliphatic heterocycles. The third-order valence-electron chi connectivity index (χ3n) is 2.76. The predicted molar refractivity (Wildman–Crippen MR) is 73.6 cm³/mol. The number of hydrogen-bond donors (Lipinski definition) is 1. The first kappa shape index (κ1) is 13.7. The summed E-state index contributed by atoms with van der Waals surface area (Å²) < 4.78 is 1.10. The van der Waals surface area contributed by atoms with E-state index in [1.54, 1.807) is 0 Å². The first-order valence-corrected chi connectivity index (χ1v) is 6.24. The van der Waals surface area contributed by atoms with E-state index in [-0.39, 0.29) is 11.6 Å². The average molecular weight is 285 g/mol. The van der Waals surface area contributed by atoms with Crippen LogP contribution in [0.5, 0.6) is 0 Å². The summed E-state index contributed by atoms with van der Waals surface area (Å²) in [7, 11) is 4.14. The van der Waals surface area contributed by atoms with E-state index in [1.165, 1.54) is 11.1 Å². The molecule has 0 aliphatic carbocycles. The van der Waals surface area contributed by atoms with Gasteiger partial charge in [-0.05, 0) is 58.1 Å². The Bertz CT molecular complexity index is 367. The zero-order chi connectivity index (χ0) is 12.5. The van der Waals surface area contributed by atoms with Crippen LogP contribution >= 0.6 is 15.9 Å². The summed E-state index contributed by atoms with van der Waals surface area (Å²) >= 11 is 3.52. The van der Waals surface area contributed by atoms with Crippen LogP contribution in [-0.4, -0.2) is 24.5 Å². The number of nitrogens with two attached hydrogens (primary N) is 1. The van der Waals surface area contributed by atoms with Gasteiger partial charge in [0.25, 0.3) is 0 Å². The van der Waals surface area contributed by atoms with Crippen LogP contribution in [0.4, 0.5) is 0 Å². The van der Waals surface area contributed by atoms with Gasteiger partial charge in [-0.3, -0.25) is 0 Å². The molecule has 0 amide bonds. The number of benzene rings is 1. The largest absolute Gasteiger partial charge is 0.324 e. The van der Waals surface area contributed by atoms with Crippen molar-refractivity contribution in [2.45, 2.75) is 32.4 Å². The van der Waals surface area contributed by atoms with Gasteiger partial charge in [0.15, 0.2) is 0 Å². The molecule has 1 aromatic rings. The van der Waals surface area contributed by atoms with Gasteiger partial charge in [-0.2, -0.15) is 0 Å². The highest BCUT2D eigenvalue weighted by Crippen LogP contribution is 2.32. The summed E-state index contributed by atoms with van der Waals surface area (Å²) in [6, 6.07) is 6.57. The minimum absolute atomic E-state index is 0.213. The molecule has 0 fully saturated rings. The molecule has 0 heterocycles. The summed E-state index contributed by atoms with van der Waals surface area (Å²) in [5, 5.41) is 0. The Morgan fingerprint density at radius 1 is 1.31 bits per heavy atom. The van der Waals surface area contributed by atoms with Gasteiger partial charge in [0, 0.05) is 10.0 Å². The van der Waals surface area contributed by atoms with Crippen molar-refractivity contribution < 1.29 is 0 Å². The van der Waals surface area contributed by atoms with Crippen LogP contribution < -0.4 is 5.73 Å². The fourth-order valence-electron chi connectivity index (χ4n) is 2.25. The number of rotatable bonds is 3. The second-order valence-electron chi connectivity index (χ2n) is 5.19. The highest BCUT2D eigenvalue weighted by Gasteiger charge is 2.29. The summed E-state index contributed by atoms with van der Waals surface area (Å²) in [5.41, 5.74) is 8.57. The molecule has 1 rings (SSSR count). The summed E-state index contributed by atoms with van der Waals surface area (Å²) in [6.45, 7) is 6.26. The molecule has 0 bridgehead atoms. The third-order valence-corrected chi connectivity index (χ3v) is 3.25. The maximum atomic E-state index is 6.27. The Morgan fingerprint density at radius 2 is 1.88 bits per heavy atom. The molecule has 0 aliphatic rings. The SMILES string of the molecule is Cc1ccc(Br)cc1C(N(C)C)C(C)(C)N. The average Bonchev–Trinajstić information content (AvgIpc) is 2.08. The van der Waals surface area contributed by atoms with Crippen molar-refractivity contribution in [3.63, 3.8) is 0 Å². The van der Waals surface area contributed by atoms with Gasteiger partial charge in [-0.15, -0.1) is 0 Å². The van der Waals surface area contributed by atoms with E-state index in [0.29, 0.717) is 0 Å². The minimum atomic E-state index is -0.269. The van der Waals surface area contributed by atoms with E-state index in [1.807, 2.05) is 0 Å². The molecule has 0 saturated heterocycles. The van der Waals surface area contributed by atoms with E-state index in [2.05, 4.69) is 73.9 Å². The van der Waals surface area contributed by atoms with Crippen LogP contribution in [0, 0.1) is 6.92 Å². The highest BCUT2D eigenvalue weighted by molar-refractivity contribution is 9.10. The second kappa shape index (κ2) is 4.86. The topological polar surface area (TPSA) is 29.3 Å². The highest BCUT2D eigenvalue weighted by atomic mass is 79.9. The summed E-state index contributed by atoms with van der Waals surface area (Å²) in [6.07, 6.45) is 0. The third kappa shape index (κ3) is 3.06. The normalized spacial score (nSPS) is 14.2. The van der Waals surface area contributed by atoms with Crippen LogP contribution in [0.3, 0.4) is 0 Å². The van der Waals surface area contributed by atoms with Crippen molar-refractivity contribution in [1.29, 1.82) is 0 Å². The van der Waals surface area contributed by atoms with E-state index < -0.39 is 0 Å². The Balaban J connectivity index is 3.26. The van der Waals surface area contributed by atoms with Crippen molar-refractivity contribution in [2.75, 3.05) is 14.1 Å². The fourth-order valence-corrected chi connectivity index (χ4v) is 2.63. The Morgan fingerprint density at radius 3 is 2.31 bits per heavy atom. The molecular formula is C13H21BrN2. The molecule has 90 valence electrons. The lowest BCUT2D eigenvalue weighted by molar-refractivity contribution is 0.204. The molecule has 1 aromatic carbocycles. The Labute approximate surface area is 107 Å². The predicted octanol–water partition coefficient (Wildman–Crippen LogP) is 3.10. The second-order valence-corrected chi connectivity index (χ2v) is 6.10. The number of aryl methyl sites for hydroxylation is 1. The van der Waals surface area contributed by atoms with Crippen LogP contribution in [0.1, 0.15) is 31.0 Å². The molecule has 1 unspecified atom stereocenters. The van der Waals surface area contributed by atoms with Gasteiger partial charge >= 0.3 is 0 Å². The Hall–Kier alpha value is -0.380. The smallest absolute Gasteiger partial charge is 0.0520 e. The summed E-state index contributed by atoms with van der Waals surface area (Å²) in [5.74, 6) is 0.